The minimum Gasteiger partial charge on any atom is -0.328 e. The van der Waals surface area contributed by atoms with Crippen LogP contribution in [0.4, 0.5) is 0 Å². The normalized spacial score (nSPS) is 15.7. The van der Waals surface area contributed by atoms with Crippen molar-refractivity contribution in [2.45, 2.75) is 12.5 Å². The largest absolute Gasteiger partial charge is 0.328 e. The van der Waals surface area contributed by atoms with Gasteiger partial charge >= 0.3 is 0 Å². The summed E-state index contributed by atoms with van der Waals surface area (Å²) in [5, 5.41) is 0.714. The van der Waals surface area contributed by atoms with E-state index >= 15 is 0 Å². The molecule has 1 aromatic carbocycles. The molecule has 0 aliphatic heterocycles. The van der Waals surface area contributed by atoms with Gasteiger partial charge in [0.1, 0.15) is 0 Å². The highest BCUT2D eigenvalue weighted by Crippen LogP contribution is 2.18. The summed E-state index contributed by atoms with van der Waals surface area (Å²) in [6.07, 6.45) is 0. The van der Waals surface area contributed by atoms with Crippen molar-refractivity contribution in [2.75, 3.05) is 6.54 Å². The number of rotatable bonds is 2. The molecule has 0 aromatic heterocycles. The van der Waals surface area contributed by atoms with Gasteiger partial charge in [0, 0.05) is 11.6 Å². The van der Waals surface area contributed by atoms with E-state index in [1.807, 2.05) is 31.2 Å². The molecule has 1 aromatic rings. The van der Waals surface area contributed by atoms with E-state index in [0.29, 0.717) is 11.6 Å². The van der Waals surface area contributed by atoms with Gasteiger partial charge in [-0.1, -0.05) is 23.7 Å². The van der Waals surface area contributed by atoms with Crippen LogP contribution in [0.25, 0.3) is 0 Å². The molecule has 0 spiro atoms. The Kier molecular flexibility index (Phi) is 2.73. The molecular weight excluding hydrogens is 172 g/mol. The Balaban J connectivity index is 2.96. The van der Waals surface area contributed by atoms with Gasteiger partial charge in [-0.15, -0.1) is 0 Å². The first-order valence-corrected chi connectivity index (χ1v) is 4.19. The van der Waals surface area contributed by atoms with Gasteiger partial charge in [-0.25, -0.2) is 0 Å². The van der Waals surface area contributed by atoms with E-state index in [2.05, 4.69) is 0 Å². The molecule has 66 valence electrons. The number of hydrogen-bond acceptors (Lipinski definition) is 2. The SMILES string of the molecule is CC(N)(CN)c1ccc(Cl)cc1. The zero-order valence-corrected chi connectivity index (χ0v) is 7.81. The Hall–Kier alpha value is -0.570. The number of nitrogens with two attached hydrogens (primary N) is 2. The molecule has 3 heteroatoms. The van der Waals surface area contributed by atoms with Gasteiger partial charge in [-0.2, -0.15) is 0 Å². The molecule has 4 N–H and O–H groups in total. The van der Waals surface area contributed by atoms with E-state index in [4.69, 9.17) is 23.1 Å². The molecule has 0 amide bonds. The van der Waals surface area contributed by atoms with E-state index in [1.165, 1.54) is 0 Å². The van der Waals surface area contributed by atoms with Crippen LogP contribution in [-0.4, -0.2) is 6.54 Å². The van der Waals surface area contributed by atoms with E-state index in [1.54, 1.807) is 0 Å². The summed E-state index contributed by atoms with van der Waals surface area (Å²) in [6, 6.07) is 7.43. The van der Waals surface area contributed by atoms with Gasteiger partial charge in [0.05, 0.1) is 5.54 Å². The topological polar surface area (TPSA) is 52.0 Å². The number of benzene rings is 1. The molecule has 12 heavy (non-hydrogen) atoms. The van der Waals surface area contributed by atoms with Crippen LogP contribution in [0, 0.1) is 0 Å². The molecule has 1 rings (SSSR count). The van der Waals surface area contributed by atoms with Gasteiger partial charge in [-0.3, -0.25) is 0 Å². The lowest BCUT2D eigenvalue weighted by Crippen LogP contribution is -2.40. The average molecular weight is 185 g/mol. The quantitative estimate of drug-likeness (QED) is 0.732. The fourth-order valence-corrected chi connectivity index (χ4v) is 1.07. The molecule has 1 unspecified atom stereocenters. The maximum Gasteiger partial charge on any atom is 0.0505 e. The fourth-order valence-electron chi connectivity index (χ4n) is 0.948. The second-order valence-electron chi connectivity index (χ2n) is 3.13. The molecule has 0 radical (unpaired) electrons. The molecule has 0 aliphatic rings. The van der Waals surface area contributed by atoms with Crippen molar-refractivity contribution in [3.8, 4) is 0 Å². The minimum atomic E-state index is -0.454. The molecule has 2 nitrogen and oxygen atoms in total. The average Bonchev–Trinajstić information content (AvgIpc) is 2.05. The van der Waals surface area contributed by atoms with Crippen LogP contribution in [0.3, 0.4) is 0 Å². The molecular formula is C9H13ClN2. The Morgan fingerprint density at radius 1 is 1.33 bits per heavy atom. The third-order valence-electron chi connectivity index (χ3n) is 1.93. The van der Waals surface area contributed by atoms with Crippen molar-refractivity contribution in [2.24, 2.45) is 11.5 Å². The zero-order valence-electron chi connectivity index (χ0n) is 7.05. The summed E-state index contributed by atoms with van der Waals surface area (Å²) >= 11 is 5.73. The van der Waals surface area contributed by atoms with E-state index in [9.17, 15) is 0 Å². The van der Waals surface area contributed by atoms with Crippen molar-refractivity contribution in [1.82, 2.24) is 0 Å². The second kappa shape index (κ2) is 3.44. The van der Waals surface area contributed by atoms with Crippen molar-refractivity contribution in [1.29, 1.82) is 0 Å². The molecule has 0 fully saturated rings. The van der Waals surface area contributed by atoms with Crippen molar-refractivity contribution in [3.05, 3.63) is 34.9 Å². The first kappa shape index (κ1) is 9.52. The third kappa shape index (κ3) is 1.97. The maximum atomic E-state index is 5.92. The van der Waals surface area contributed by atoms with E-state index in [0.717, 1.165) is 5.56 Å². The van der Waals surface area contributed by atoms with Crippen LogP contribution in [0.1, 0.15) is 12.5 Å². The van der Waals surface area contributed by atoms with Crippen LogP contribution in [-0.2, 0) is 5.54 Å². The summed E-state index contributed by atoms with van der Waals surface area (Å²) in [7, 11) is 0. The lowest BCUT2D eigenvalue weighted by atomic mass is 9.94. The predicted molar refractivity (Wildman–Crippen MR) is 52.0 cm³/mol. The lowest BCUT2D eigenvalue weighted by Gasteiger charge is -2.22. The molecule has 0 saturated carbocycles. The predicted octanol–water partition coefficient (Wildman–Crippen LogP) is 1.47. The second-order valence-corrected chi connectivity index (χ2v) is 3.56. The first-order chi connectivity index (χ1) is 5.56. The third-order valence-corrected chi connectivity index (χ3v) is 2.18. The molecule has 1 atom stereocenters. The number of hydrogen-bond donors (Lipinski definition) is 2. The molecule has 0 saturated heterocycles. The maximum absolute atomic E-state index is 5.92. The Labute approximate surface area is 77.5 Å². The fraction of sp³-hybridized carbons (Fsp3) is 0.333. The molecule has 0 bridgehead atoms. The van der Waals surface area contributed by atoms with E-state index < -0.39 is 5.54 Å². The first-order valence-electron chi connectivity index (χ1n) is 3.81. The molecule has 0 aliphatic carbocycles. The van der Waals surface area contributed by atoms with Gasteiger partial charge in [-0.05, 0) is 24.6 Å². The highest BCUT2D eigenvalue weighted by atomic mass is 35.5. The summed E-state index contributed by atoms with van der Waals surface area (Å²) in [5.74, 6) is 0. The Morgan fingerprint density at radius 2 is 1.83 bits per heavy atom. The Bertz CT molecular complexity index is 254. The number of halogens is 1. The van der Waals surface area contributed by atoms with Crippen molar-refractivity contribution in [3.63, 3.8) is 0 Å². The highest BCUT2D eigenvalue weighted by Gasteiger charge is 2.17. The van der Waals surface area contributed by atoms with Crippen LogP contribution >= 0.6 is 11.6 Å². The van der Waals surface area contributed by atoms with Gasteiger partial charge < -0.3 is 11.5 Å². The van der Waals surface area contributed by atoms with Crippen LogP contribution in [0.15, 0.2) is 24.3 Å². The smallest absolute Gasteiger partial charge is 0.0505 e. The molecule has 0 heterocycles. The van der Waals surface area contributed by atoms with Crippen LogP contribution in [0.2, 0.25) is 5.02 Å². The van der Waals surface area contributed by atoms with Gasteiger partial charge in [0.15, 0.2) is 0 Å². The van der Waals surface area contributed by atoms with E-state index in [-0.39, 0.29) is 0 Å². The summed E-state index contributed by atoms with van der Waals surface area (Å²) in [6.45, 7) is 2.32. The monoisotopic (exact) mass is 184 g/mol. The lowest BCUT2D eigenvalue weighted by molar-refractivity contribution is 0.508. The van der Waals surface area contributed by atoms with Crippen molar-refractivity contribution >= 4 is 11.6 Å². The van der Waals surface area contributed by atoms with Crippen molar-refractivity contribution < 1.29 is 0 Å². The van der Waals surface area contributed by atoms with Gasteiger partial charge in [0.25, 0.3) is 0 Å². The standard InChI is InChI=1S/C9H13ClN2/c1-9(12,6-11)7-2-4-8(10)5-3-7/h2-5H,6,11-12H2,1H3. The zero-order chi connectivity index (χ0) is 9.19. The van der Waals surface area contributed by atoms with Crippen LogP contribution in [0.5, 0.6) is 0 Å². The highest BCUT2D eigenvalue weighted by molar-refractivity contribution is 6.30. The summed E-state index contributed by atoms with van der Waals surface area (Å²) < 4.78 is 0. The van der Waals surface area contributed by atoms with Crippen LogP contribution < -0.4 is 11.5 Å². The Morgan fingerprint density at radius 3 is 2.25 bits per heavy atom. The minimum absolute atomic E-state index is 0.425. The summed E-state index contributed by atoms with van der Waals surface area (Å²) in [4.78, 5) is 0. The summed E-state index contributed by atoms with van der Waals surface area (Å²) in [5.41, 5.74) is 12.0. The van der Waals surface area contributed by atoms with Gasteiger partial charge in [0.2, 0.25) is 0 Å².